The first-order valence-corrected chi connectivity index (χ1v) is 11.7. The Morgan fingerprint density at radius 3 is 2.48 bits per heavy atom. The summed E-state index contributed by atoms with van der Waals surface area (Å²) in [6, 6.07) is 30.7. The van der Waals surface area contributed by atoms with Gasteiger partial charge in [-0.3, -0.25) is 0 Å². The van der Waals surface area contributed by atoms with Crippen LogP contribution in [0.2, 0.25) is 0 Å². The lowest BCUT2D eigenvalue weighted by Gasteiger charge is -2.18. The van der Waals surface area contributed by atoms with Crippen LogP contribution in [0.4, 0.5) is 0 Å². The number of H-pyrrole nitrogens is 1. The molecule has 2 aromatic heterocycles. The van der Waals surface area contributed by atoms with E-state index in [1.807, 2.05) is 0 Å². The van der Waals surface area contributed by atoms with Crippen molar-refractivity contribution < 1.29 is 0 Å². The van der Waals surface area contributed by atoms with Crippen molar-refractivity contribution in [2.45, 2.75) is 13.3 Å². The fourth-order valence-corrected chi connectivity index (χ4v) is 5.50. The smallest absolute Gasteiger partial charge is 0.0795 e. The lowest BCUT2D eigenvalue weighted by atomic mass is 10.00. The van der Waals surface area contributed by atoms with Crippen LogP contribution in [-0.2, 0) is 0 Å². The van der Waals surface area contributed by atoms with E-state index in [2.05, 4.69) is 120 Å². The molecule has 6 aromatic rings. The number of aromatic amines is 1. The number of nitrogens with one attached hydrogen (secondary N) is 1. The van der Waals surface area contributed by atoms with E-state index in [9.17, 15) is 0 Å². The largest absolute Gasteiger partial charge is 0.352 e. The maximum Gasteiger partial charge on any atom is 0.0795 e. The molecule has 0 amide bonds. The molecule has 0 spiro atoms. The molecule has 0 bridgehead atoms. The molecule has 4 aromatic carbocycles. The van der Waals surface area contributed by atoms with Crippen molar-refractivity contribution in [2.75, 3.05) is 0 Å². The summed E-state index contributed by atoms with van der Waals surface area (Å²) in [5.74, 6) is 0.534. The standard InChI is InChI=1S/C31H24N2/c1-20-8-7-12-24(18-20)33-28-17-15-23(21-9-3-2-4-10-21)19-27(28)30-31(33)26-16-14-22-11-5-6-13-25(22)29(26)32-30/h2-17,19-20,32H,18H2,1H3. The maximum absolute atomic E-state index is 3.85. The van der Waals surface area contributed by atoms with Gasteiger partial charge in [-0.25, -0.2) is 0 Å². The van der Waals surface area contributed by atoms with Crippen molar-refractivity contribution in [3.05, 3.63) is 103 Å². The molecule has 1 N–H and O–H groups in total. The average molecular weight is 425 g/mol. The first kappa shape index (κ1) is 18.5. The van der Waals surface area contributed by atoms with Gasteiger partial charge in [-0.2, -0.15) is 0 Å². The van der Waals surface area contributed by atoms with Gasteiger partial charge in [0.05, 0.1) is 22.1 Å². The molecule has 2 heteroatoms. The topological polar surface area (TPSA) is 20.7 Å². The summed E-state index contributed by atoms with van der Waals surface area (Å²) < 4.78 is 2.49. The predicted octanol–water partition coefficient (Wildman–Crippen LogP) is 8.53. The second-order valence-corrected chi connectivity index (χ2v) is 9.22. The van der Waals surface area contributed by atoms with Gasteiger partial charge in [0.1, 0.15) is 0 Å². The fourth-order valence-electron chi connectivity index (χ4n) is 5.50. The molecule has 7 rings (SSSR count). The Morgan fingerprint density at radius 1 is 0.758 bits per heavy atom. The molecular formula is C31H24N2. The molecule has 33 heavy (non-hydrogen) atoms. The van der Waals surface area contributed by atoms with Gasteiger partial charge in [-0.15, -0.1) is 0 Å². The van der Waals surface area contributed by atoms with Crippen LogP contribution in [0.1, 0.15) is 13.3 Å². The van der Waals surface area contributed by atoms with E-state index in [4.69, 9.17) is 0 Å². The highest BCUT2D eigenvalue weighted by molar-refractivity contribution is 6.23. The van der Waals surface area contributed by atoms with Gasteiger partial charge in [-0.05, 0) is 47.1 Å². The lowest BCUT2D eigenvalue weighted by Crippen LogP contribution is -2.04. The molecule has 1 atom stereocenters. The van der Waals surface area contributed by atoms with Gasteiger partial charge in [0.2, 0.25) is 0 Å². The average Bonchev–Trinajstić information content (AvgIpc) is 3.39. The molecule has 0 fully saturated rings. The zero-order valence-corrected chi connectivity index (χ0v) is 18.5. The van der Waals surface area contributed by atoms with Gasteiger partial charge >= 0.3 is 0 Å². The van der Waals surface area contributed by atoms with E-state index >= 15 is 0 Å². The Hall–Kier alpha value is -4.04. The van der Waals surface area contributed by atoms with Crippen LogP contribution in [0.25, 0.3) is 60.4 Å². The monoisotopic (exact) mass is 424 g/mol. The summed E-state index contributed by atoms with van der Waals surface area (Å²) in [5, 5.41) is 5.10. The van der Waals surface area contributed by atoms with E-state index in [0.29, 0.717) is 5.92 Å². The minimum Gasteiger partial charge on any atom is -0.352 e. The molecule has 2 heterocycles. The van der Waals surface area contributed by atoms with Crippen molar-refractivity contribution in [3.8, 4) is 11.1 Å². The lowest BCUT2D eigenvalue weighted by molar-refractivity contribution is 0.730. The first-order valence-electron chi connectivity index (χ1n) is 11.7. The van der Waals surface area contributed by atoms with Crippen LogP contribution in [0.3, 0.4) is 0 Å². The van der Waals surface area contributed by atoms with Crippen LogP contribution in [0, 0.1) is 5.92 Å². The molecule has 0 saturated carbocycles. The SMILES string of the molecule is CC1C=CC=C(n2c3ccc(-c4ccccc4)cc3c3[nH]c4c5ccccc5ccc4c32)C1. The number of benzene rings is 4. The van der Waals surface area contributed by atoms with Gasteiger partial charge in [0.15, 0.2) is 0 Å². The zero-order valence-electron chi connectivity index (χ0n) is 18.5. The number of hydrogen-bond donors (Lipinski definition) is 1. The normalized spacial score (nSPS) is 16.3. The molecule has 1 aliphatic rings. The van der Waals surface area contributed by atoms with Crippen LogP contribution in [-0.4, -0.2) is 9.55 Å². The van der Waals surface area contributed by atoms with Crippen LogP contribution >= 0.6 is 0 Å². The molecule has 1 unspecified atom stereocenters. The Kier molecular flexibility index (Phi) is 3.92. The number of hydrogen-bond acceptors (Lipinski definition) is 0. The van der Waals surface area contributed by atoms with Gasteiger partial charge in [0.25, 0.3) is 0 Å². The van der Waals surface area contributed by atoms with E-state index in [1.165, 1.54) is 60.4 Å². The summed E-state index contributed by atoms with van der Waals surface area (Å²) in [4.78, 5) is 3.85. The fraction of sp³-hybridized carbons (Fsp3) is 0.0968. The second-order valence-electron chi connectivity index (χ2n) is 9.22. The summed E-state index contributed by atoms with van der Waals surface area (Å²) in [6.07, 6.45) is 7.83. The van der Waals surface area contributed by atoms with E-state index in [0.717, 1.165) is 6.42 Å². The third kappa shape index (κ3) is 2.74. The third-order valence-corrected chi connectivity index (χ3v) is 7.06. The van der Waals surface area contributed by atoms with Crippen LogP contribution < -0.4 is 0 Å². The molecule has 0 radical (unpaired) electrons. The number of aromatic nitrogens is 2. The predicted molar refractivity (Wildman–Crippen MR) is 141 cm³/mol. The van der Waals surface area contributed by atoms with Crippen LogP contribution in [0.5, 0.6) is 0 Å². The minimum atomic E-state index is 0.534. The molecule has 2 nitrogen and oxygen atoms in total. The second kappa shape index (κ2) is 6.98. The summed E-state index contributed by atoms with van der Waals surface area (Å²) in [7, 11) is 0. The third-order valence-electron chi connectivity index (χ3n) is 7.06. The highest BCUT2D eigenvalue weighted by Crippen LogP contribution is 2.41. The van der Waals surface area contributed by atoms with E-state index in [1.54, 1.807) is 0 Å². The molecule has 158 valence electrons. The van der Waals surface area contributed by atoms with Gasteiger partial charge < -0.3 is 9.55 Å². The van der Waals surface area contributed by atoms with Crippen molar-refractivity contribution in [3.63, 3.8) is 0 Å². The Bertz CT molecular complexity index is 1740. The first-order chi connectivity index (χ1) is 16.3. The van der Waals surface area contributed by atoms with Crippen molar-refractivity contribution in [2.24, 2.45) is 5.92 Å². The number of rotatable bonds is 2. The Balaban J connectivity index is 1.62. The highest BCUT2D eigenvalue weighted by Gasteiger charge is 2.21. The molecule has 0 saturated heterocycles. The summed E-state index contributed by atoms with van der Waals surface area (Å²) in [5.41, 5.74) is 8.83. The van der Waals surface area contributed by atoms with Crippen molar-refractivity contribution >= 4 is 49.3 Å². The zero-order chi connectivity index (χ0) is 21.9. The Morgan fingerprint density at radius 2 is 1.61 bits per heavy atom. The number of allylic oxidation sites excluding steroid dienone is 4. The van der Waals surface area contributed by atoms with Crippen LogP contribution in [0.15, 0.2) is 103 Å². The summed E-state index contributed by atoms with van der Waals surface area (Å²) >= 11 is 0. The maximum atomic E-state index is 3.85. The molecule has 0 aliphatic heterocycles. The van der Waals surface area contributed by atoms with Crippen molar-refractivity contribution in [1.29, 1.82) is 0 Å². The number of nitrogens with zero attached hydrogens (tertiary/aromatic N) is 1. The van der Waals surface area contributed by atoms with E-state index in [-0.39, 0.29) is 0 Å². The minimum absolute atomic E-state index is 0.534. The quantitative estimate of drug-likeness (QED) is 0.287. The molecule has 1 aliphatic carbocycles. The highest BCUT2D eigenvalue weighted by atomic mass is 15.0. The molecular weight excluding hydrogens is 400 g/mol. The van der Waals surface area contributed by atoms with Gasteiger partial charge in [0, 0.05) is 21.9 Å². The van der Waals surface area contributed by atoms with Crippen molar-refractivity contribution in [1.82, 2.24) is 9.55 Å². The van der Waals surface area contributed by atoms with Gasteiger partial charge in [-0.1, -0.05) is 91.9 Å². The summed E-state index contributed by atoms with van der Waals surface area (Å²) in [6.45, 7) is 2.29. The Labute approximate surface area is 192 Å². The van der Waals surface area contributed by atoms with E-state index < -0.39 is 0 Å². The number of fused-ring (bicyclic) bond motifs is 7.